The molecule has 0 atom stereocenters. The predicted octanol–water partition coefficient (Wildman–Crippen LogP) is 1.36. The van der Waals surface area contributed by atoms with E-state index < -0.39 is 0 Å². The molecule has 0 radical (unpaired) electrons. The normalized spacial score (nSPS) is 9.62. The minimum atomic E-state index is -0.328. The topological polar surface area (TPSA) is 52.3 Å². The lowest BCUT2D eigenvalue weighted by Crippen LogP contribution is -2.10. The minimum Gasteiger partial charge on any atom is -0.465 e. The molecule has 0 spiro atoms. The first kappa shape index (κ1) is 10.1. The molecule has 0 aliphatic carbocycles. The second-order valence-corrected chi connectivity index (χ2v) is 3.96. The van der Waals surface area contributed by atoms with E-state index in [0.717, 1.165) is 4.88 Å². The Kier molecular flexibility index (Phi) is 3.39. The van der Waals surface area contributed by atoms with Gasteiger partial charge in [-0.25, -0.2) is 4.79 Å². The molecule has 0 saturated carbocycles. The van der Waals surface area contributed by atoms with E-state index in [1.165, 1.54) is 18.4 Å². The number of methoxy groups -OCH3 is 1. The Morgan fingerprint density at radius 1 is 1.77 bits per heavy atom. The molecule has 5 heteroatoms. The van der Waals surface area contributed by atoms with Crippen LogP contribution in [0.15, 0.2) is 11.4 Å². The van der Waals surface area contributed by atoms with Crippen LogP contribution in [0.3, 0.4) is 0 Å². The first-order chi connectivity index (χ1) is 6.13. The molecule has 13 heavy (non-hydrogen) atoms. The molecule has 0 amide bonds. The molecule has 0 aromatic carbocycles. The quantitative estimate of drug-likeness (QED) is 0.611. The summed E-state index contributed by atoms with van der Waals surface area (Å²) in [7, 11) is 1.35. The van der Waals surface area contributed by atoms with Crippen LogP contribution >= 0.6 is 23.6 Å². The highest BCUT2D eigenvalue weighted by Gasteiger charge is 2.08. The molecule has 0 unspecified atom stereocenters. The smallest absolute Gasteiger partial charge is 0.338 e. The first-order valence-corrected chi connectivity index (χ1v) is 4.86. The van der Waals surface area contributed by atoms with Crippen LogP contribution in [0, 0.1) is 0 Å². The number of ether oxygens (including phenoxy) is 1. The molecule has 1 aromatic rings. The number of nitrogens with two attached hydrogens (primary N) is 1. The van der Waals surface area contributed by atoms with Crippen molar-refractivity contribution < 1.29 is 9.53 Å². The fraction of sp³-hybridized carbons (Fsp3) is 0.250. The van der Waals surface area contributed by atoms with Gasteiger partial charge < -0.3 is 10.5 Å². The van der Waals surface area contributed by atoms with Crippen LogP contribution in [0.5, 0.6) is 0 Å². The summed E-state index contributed by atoms with van der Waals surface area (Å²) in [6, 6.07) is 1.75. The van der Waals surface area contributed by atoms with Crippen molar-refractivity contribution in [2.45, 2.75) is 6.42 Å². The van der Waals surface area contributed by atoms with Crippen molar-refractivity contribution >= 4 is 34.5 Å². The highest BCUT2D eigenvalue weighted by molar-refractivity contribution is 7.80. The van der Waals surface area contributed by atoms with E-state index in [1.807, 2.05) is 0 Å². The number of carbonyl (C=O) groups is 1. The monoisotopic (exact) mass is 215 g/mol. The van der Waals surface area contributed by atoms with Crippen molar-refractivity contribution in [3.05, 3.63) is 21.9 Å². The standard InChI is InChI=1S/C8H9NO2S2/c1-11-8(10)5-2-6(13-4-5)3-7(9)12/h2,4H,3H2,1H3,(H2,9,12). The number of hydrogen-bond acceptors (Lipinski definition) is 4. The Hall–Kier alpha value is -0.940. The Labute approximate surface area is 85.5 Å². The molecule has 1 heterocycles. The van der Waals surface area contributed by atoms with Crippen molar-refractivity contribution in [2.75, 3.05) is 7.11 Å². The molecule has 0 fully saturated rings. The molecule has 0 saturated heterocycles. The van der Waals surface area contributed by atoms with Gasteiger partial charge in [0.2, 0.25) is 0 Å². The first-order valence-electron chi connectivity index (χ1n) is 3.57. The fourth-order valence-corrected chi connectivity index (χ4v) is 1.99. The van der Waals surface area contributed by atoms with Crippen LogP contribution in [-0.2, 0) is 11.2 Å². The summed E-state index contributed by atoms with van der Waals surface area (Å²) in [5.41, 5.74) is 5.92. The van der Waals surface area contributed by atoms with E-state index in [4.69, 9.17) is 18.0 Å². The number of hydrogen-bond donors (Lipinski definition) is 1. The summed E-state index contributed by atoms with van der Waals surface area (Å²) in [5.74, 6) is -0.328. The number of carbonyl (C=O) groups excluding carboxylic acids is 1. The van der Waals surface area contributed by atoms with Crippen molar-refractivity contribution in [1.82, 2.24) is 0 Å². The summed E-state index contributed by atoms with van der Waals surface area (Å²) in [6.45, 7) is 0. The number of thiocarbonyl (C=S) groups is 1. The third-order valence-corrected chi connectivity index (χ3v) is 2.50. The molecule has 2 N–H and O–H groups in total. The maximum Gasteiger partial charge on any atom is 0.338 e. The Morgan fingerprint density at radius 2 is 2.46 bits per heavy atom. The maximum atomic E-state index is 11.0. The summed E-state index contributed by atoms with van der Waals surface area (Å²) in [5, 5.41) is 1.74. The number of rotatable bonds is 3. The van der Waals surface area contributed by atoms with Crippen LogP contribution < -0.4 is 5.73 Å². The Morgan fingerprint density at radius 3 is 3.00 bits per heavy atom. The zero-order valence-electron chi connectivity index (χ0n) is 7.07. The Bertz CT molecular complexity index is 333. The largest absolute Gasteiger partial charge is 0.465 e. The SMILES string of the molecule is COC(=O)c1csc(CC(N)=S)c1. The lowest BCUT2D eigenvalue weighted by molar-refractivity contribution is 0.0601. The van der Waals surface area contributed by atoms with Gasteiger partial charge in [-0.3, -0.25) is 0 Å². The van der Waals surface area contributed by atoms with Gasteiger partial charge in [0.1, 0.15) is 0 Å². The summed E-state index contributed by atoms with van der Waals surface area (Å²) in [6.07, 6.45) is 0.539. The van der Waals surface area contributed by atoms with Gasteiger partial charge in [0, 0.05) is 16.7 Å². The molecule has 3 nitrogen and oxygen atoms in total. The average Bonchev–Trinajstić information content (AvgIpc) is 2.50. The molecule has 1 rings (SSSR count). The average molecular weight is 215 g/mol. The van der Waals surface area contributed by atoms with Gasteiger partial charge in [-0.1, -0.05) is 12.2 Å². The third kappa shape index (κ3) is 2.78. The summed E-state index contributed by atoms with van der Waals surface area (Å²) in [4.78, 5) is 12.4. The van der Waals surface area contributed by atoms with Crippen LogP contribution in [0.4, 0.5) is 0 Å². The van der Waals surface area contributed by atoms with E-state index in [2.05, 4.69) is 4.74 Å². The van der Waals surface area contributed by atoms with Gasteiger partial charge in [0.15, 0.2) is 0 Å². The second kappa shape index (κ2) is 4.34. The molecule has 0 aliphatic heterocycles. The Balaban J connectivity index is 2.74. The van der Waals surface area contributed by atoms with Crippen LogP contribution in [0.25, 0.3) is 0 Å². The van der Waals surface area contributed by atoms with Crippen LogP contribution in [-0.4, -0.2) is 18.1 Å². The third-order valence-electron chi connectivity index (χ3n) is 1.42. The lowest BCUT2D eigenvalue weighted by atomic mass is 10.3. The molecule has 0 bridgehead atoms. The summed E-state index contributed by atoms with van der Waals surface area (Å²) >= 11 is 6.20. The number of thiophene rings is 1. The van der Waals surface area contributed by atoms with Crippen molar-refractivity contribution in [1.29, 1.82) is 0 Å². The van der Waals surface area contributed by atoms with E-state index >= 15 is 0 Å². The zero-order valence-corrected chi connectivity index (χ0v) is 8.71. The van der Waals surface area contributed by atoms with E-state index in [-0.39, 0.29) is 5.97 Å². The van der Waals surface area contributed by atoms with Gasteiger partial charge in [-0.2, -0.15) is 0 Å². The van der Waals surface area contributed by atoms with Gasteiger partial charge in [-0.15, -0.1) is 11.3 Å². The van der Waals surface area contributed by atoms with Gasteiger partial charge in [0.25, 0.3) is 0 Å². The molecule has 0 aliphatic rings. The van der Waals surface area contributed by atoms with Crippen molar-refractivity contribution in [3.8, 4) is 0 Å². The zero-order chi connectivity index (χ0) is 9.84. The van der Waals surface area contributed by atoms with Crippen molar-refractivity contribution in [2.24, 2.45) is 5.73 Å². The highest BCUT2D eigenvalue weighted by Crippen LogP contribution is 2.15. The minimum absolute atomic E-state index is 0.328. The van der Waals surface area contributed by atoms with E-state index in [1.54, 1.807) is 11.4 Å². The van der Waals surface area contributed by atoms with Gasteiger partial charge >= 0.3 is 5.97 Å². The highest BCUT2D eigenvalue weighted by atomic mass is 32.1. The molecular formula is C8H9NO2S2. The number of esters is 1. The van der Waals surface area contributed by atoms with Crippen molar-refractivity contribution in [3.63, 3.8) is 0 Å². The van der Waals surface area contributed by atoms with Gasteiger partial charge in [0.05, 0.1) is 17.7 Å². The lowest BCUT2D eigenvalue weighted by Gasteiger charge is -1.93. The molecule has 1 aromatic heterocycles. The molecule has 70 valence electrons. The molecular weight excluding hydrogens is 206 g/mol. The maximum absolute atomic E-state index is 11.0. The second-order valence-electron chi connectivity index (χ2n) is 2.44. The predicted molar refractivity (Wildman–Crippen MR) is 56.1 cm³/mol. The van der Waals surface area contributed by atoms with Crippen LogP contribution in [0.1, 0.15) is 15.2 Å². The van der Waals surface area contributed by atoms with Crippen LogP contribution in [0.2, 0.25) is 0 Å². The van der Waals surface area contributed by atoms with E-state index in [0.29, 0.717) is 17.0 Å². The fourth-order valence-electron chi connectivity index (χ4n) is 0.870. The van der Waals surface area contributed by atoms with Gasteiger partial charge in [-0.05, 0) is 6.07 Å². The summed E-state index contributed by atoms with van der Waals surface area (Å²) < 4.78 is 4.56. The van der Waals surface area contributed by atoms with E-state index in [9.17, 15) is 4.79 Å².